The van der Waals surface area contributed by atoms with E-state index < -0.39 is 0 Å². The lowest BCUT2D eigenvalue weighted by molar-refractivity contribution is 0.0996. The molecule has 2 atom stereocenters. The van der Waals surface area contributed by atoms with Crippen LogP contribution in [0, 0.1) is 6.92 Å². The van der Waals surface area contributed by atoms with Crippen molar-refractivity contribution >= 4 is 15.9 Å². The molecule has 3 nitrogen and oxygen atoms in total. The molecular formula is C14H21BrN2O. The van der Waals surface area contributed by atoms with Gasteiger partial charge in [-0.25, -0.2) is 0 Å². The van der Waals surface area contributed by atoms with Crippen LogP contribution in [0.2, 0.25) is 0 Å². The van der Waals surface area contributed by atoms with Gasteiger partial charge in [0, 0.05) is 17.1 Å². The summed E-state index contributed by atoms with van der Waals surface area (Å²) in [5.41, 5.74) is 5.41. The van der Waals surface area contributed by atoms with Crippen molar-refractivity contribution in [2.45, 2.75) is 44.8 Å². The van der Waals surface area contributed by atoms with Gasteiger partial charge in [-0.05, 0) is 44.2 Å². The first-order valence-corrected chi connectivity index (χ1v) is 7.34. The van der Waals surface area contributed by atoms with Crippen molar-refractivity contribution in [3.05, 3.63) is 33.8 Å². The fraction of sp³-hybridized carbons (Fsp3) is 0.571. The number of ether oxygens (including phenoxy) is 1. The van der Waals surface area contributed by atoms with E-state index in [0.717, 1.165) is 23.9 Å². The van der Waals surface area contributed by atoms with Crippen LogP contribution in [0.15, 0.2) is 22.7 Å². The molecule has 1 saturated heterocycles. The monoisotopic (exact) mass is 312 g/mol. The molecule has 1 aromatic rings. The molecule has 0 amide bonds. The smallest absolute Gasteiger partial charge is 0.0576 e. The van der Waals surface area contributed by atoms with Crippen LogP contribution in [0.5, 0.6) is 0 Å². The van der Waals surface area contributed by atoms with E-state index >= 15 is 0 Å². The van der Waals surface area contributed by atoms with E-state index in [1.165, 1.54) is 24.0 Å². The number of hydrogen-bond acceptors (Lipinski definition) is 3. The average Bonchev–Trinajstić information content (AvgIpc) is 2.87. The van der Waals surface area contributed by atoms with Crippen molar-refractivity contribution in [1.82, 2.24) is 5.43 Å². The zero-order chi connectivity index (χ0) is 13.0. The van der Waals surface area contributed by atoms with Crippen LogP contribution in [0.3, 0.4) is 0 Å². The second-order valence-corrected chi connectivity index (χ2v) is 5.81. The van der Waals surface area contributed by atoms with Crippen molar-refractivity contribution in [2.75, 3.05) is 6.61 Å². The van der Waals surface area contributed by atoms with Gasteiger partial charge in [-0.3, -0.25) is 11.3 Å². The zero-order valence-electron chi connectivity index (χ0n) is 10.8. The second kappa shape index (κ2) is 6.66. The highest BCUT2D eigenvalue weighted by molar-refractivity contribution is 9.10. The molecule has 4 heteroatoms. The Labute approximate surface area is 117 Å². The number of nitrogens with one attached hydrogen (secondary N) is 1. The summed E-state index contributed by atoms with van der Waals surface area (Å²) in [5.74, 6) is 5.70. The standard InChI is InChI=1S/C14H21BrN2O/c1-10-4-6-13(15)12(9-10)14(17-16)7-5-11-3-2-8-18-11/h4,6,9,11,14,17H,2-3,5,7-8,16H2,1H3. The Bertz CT molecular complexity index is 391. The molecule has 100 valence electrons. The van der Waals surface area contributed by atoms with Crippen molar-refractivity contribution in [3.8, 4) is 0 Å². The molecule has 2 rings (SSSR count). The van der Waals surface area contributed by atoms with E-state index in [9.17, 15) is 0 Å². The van der Waals surface area contributed by atoms with Crippen molar-refractivity contribution in [1.29, 1.82) is 0 Å². The van der Waals surface area contributed by atoms with Gasteiger partial charge in [0.2, 0.25) is 0 Å². The minimum absolute atomic E-state index is 0.184. The molecule has 2 unspecified atom stereocenters. The predicted octanol–water partition coefficient (Wildman–Crippen LogP) is 3.22. The van der Waals surface area contributed by atoms with Crippen molar-refractivity contribution in [2.24, 2.45) is 5.84 Å². The Morgan fingerprint density at radius 1 is 1.56 bits per heavy atom. The minimum Gasteiger partial charge on any atom is -0.378 e. The van der Waals surface area contributed by atoms with Crippen LogP contribution < -0.4 is 11.3 Å². The van der Waals surface area contributed by atoms with Gasteiger partial charge in [0.15, 0.2) is 0 Å². The number of rotatable bonds is 5. The molecule has 0 bridgehead atoms. The van der Waals surface area contributed by atoms with Gasteiger partial charge in [0.05, 0.1) is 6.10 Å². The number of benzene rings is 1. The summed E-state index contributed by atoms with van der Waals surface area (Å²) in [6.07, 6.45) is 4.87. The summed E-state index contributed by atoms with van der Waals surface area (Å²) in [5, 5.41) is 0. The van der Waals surface area contributed by atoms with Crippen LogP contribution in [0.1, 0.15) is 42.9 Å². The van der Waals surface area contributed by atoms with E-state index in [4.69, 9.17) is 10.6 Å². The highest BCUT2D eigenvalue weighted by atomic mass is 79.9. The first-order chi connectivity index (χ1) is 8.70. The fourth-order valence-corrected chi connectivity index (χ4v) is 3.01. The van der Waals surface area contributed by atoms with E-state index in [1.54, 1.807) is 0 Å². The van der Waals surface area contributed by atoms with Gasteiger partial charge in [-0.1, -0.05) is 33.6 Å². The summed E-state index contributed by atoms with van der Waals surface area (Å²) in [7, 11) is 0. The maximum atomic E-state index is 5.70. The quantitative estimate of drug-likeness (QED) is 0.648. The Hall–Kier alpha value is -0.420. The number of hydrogen-bond donors (Lipinski definition) is 2. The maximum Gasteiger partial charge on any atom is 0.0576 e. The summed E-state index contributed by atoms with van der Waals surface area (Å²) >= 11 is 3.60. The van der Waals surface area contributed by atoms with Crippen LogP contribution in [-0.2, 0) is 4.74 Å². The van der Waals surface area contributed by atoms with Crippen LogP contribution in [0.4, 0.5) is 0 Å². The minimum atomic E-state index is 0.184. The Morgan fingerprint density at radius 2 is 2.39 bits per heavy atom. The molecule has 0 aromatic heterocycles. The summed E-state index contributed by atoms with van der Waals surface area (Å²) < 4.78 is 6.77. The molecule has 1 aliphatic heterocycles. The molecule has 0 saturated carbocycles. The molecule has 1 heterocycles. The lowest BCUT2D eigenvalue weighted by atomic mass is 9.98. The molecule has 1 aliphatic rings. The van der Waals surface area contributed by atoms with Crippen molar-refractivity contribution < 1.29 is 4.74 Å². The Balaban J connectivity index is 2.00. The van der Waals surface area contributed by atoms with Crippen LogP contribution in [-0.4, -0.2) is 12.7 Å². The molecule has 0 aliphatic carbocycles. The normalized spacial score (nSPS) is 21.2. The third-order valence-electron chi connectivity index (χ3n) is 3.53. The molecule has 0 spiro atoms. The number of halogens is 1. The Kier molecular flexibility index (Phi) is 5.18. The van der Waals surface area contributed by atoms with Gasteiger partial charge >= 0.3 is 0 Å². The van der Waals surface area contributed by atoms with Gasteiger partial charge < -0.3 is 4.74 Å². The number of hydrazine groups is 1. The van der Waals surface area contributed by atoms with E-state index in [1.807, 2.05) is 0 Å². The second-order valence-electron chi connectivity index (χ2n) is 4.96. The SMILES string of the molecule is Cc1ccc(Br)c(C(CCC2CCCO2)NN)c1. The summed E-state index contributed by atoms with van der Waals surface area (Å²) in [4.78, 5) is 0. The van der Waals surface area contributed by atoms with Crippen molar-refractivity contribution in [3.63, 3.8) is 0 Å². The fourth-order valence-electron chi connectivity index (χ4n) is 2.48. The van der Waals surface area contributed by atoms with Gasteiger partial charge in [0.25, 0.3) is 0 Å². The third-order valence-corrected chi connectivity index (χ3v) is 4.25. The molecule has 3 N–H and O–H groups in total. The molecule has 1 aromatic carbocycles. The first kappa shape index (κ1) is 14.0. The largest absolute Gasteiger partial charge is 0.378 e. The lowest BCUT2D eigenvalue weighted by Crippen LogP contribution is -2.29. The highest BCUT2D eigenvalue weighted by Gasteiger charge is 2.19. The summed E-state index contributed by atoms with van der Waals surface area (Å²) in [6.45, 7) is 3.02. The van der Waals surface area contributed by atoms with Crippen LogP contribution >= 0.6 is 15.9 Å². The van der Waals surface area contributed by atoms with E-state index in [2.05, 4.69) is 46.5 Å². The average molecular weight is 313 g/mol. The van der Waals surface area contributed by atoms with Gasteiger partial charge in [0.1, 0.15) is 0 Å². The third kappa shape index (κ3) is 3.54. The van der Waals surface area contributed by atoms with E-state index in [0.29, 0.717) is 6.10 Å². The molecule has 0 radical (unpaired) electrons. The predicted molar refractivity (Wildman–Crippen MR) is 77.2 cm³/mol. The highest BCUT2D eigenvalue weighted by Crippen LogP contribution is 2.29. The lowest BCUT2D eigenvalue weighted by Gasteiger charge is -2.20. The van der Waals surface area contributed by atoms with Gasteiger partial charge in [-0.15, -0.1) is 0 Å². The first-order valence-electron chi connectivity index (χ1n) is 6.54. The number of nitrogens with two attached hydrogens (primary N) is 1. The zero-order valence-corrected chi connectivity index (χ0v) is 12.4. The van der Waals surface area contributed by atoms with E-state index in [-0.39, 0.29) is 6.04 Å². The molecule has 18 heavy (non-hydrogen) atoms. The van der Waals surface area contributed by atoms with Gasteiger partial charge in [-0.2, -0.15) is 0 Å². The molecule has 1 fully saturated rings. The number of aryl methyl sites for hydroxylation is 1. The molecular weight excluding hydrogens is 292 g/mol. The van der Waals surface area contributed by atoms with Crippen LogP contribution in [0.25, 0.3) is 0 Å². The topological polar surface area (TPSA) is 47.3 Å². The summed E-state index contributed by atoms with van der Waals surface area (Å²) in [6, 6.07) is 6.55. The Morgan fingerprint density at radius 3 is 3.06 bits per heavy atom. The maximum absolute atomic E-state index is 5.70.